The molecule has 0 spiro atoms. The summed E-state index contributed by atoms with van der Waals surface area (Å²) in [5.41, 5.74) is 8.94. The summed E-state index contributed by atoms with van der Waals surface area (Å²) in [5, 5.41) is 9.35. The minimum atomic E-state index is -0.229. The van der Waals surface area contributed by atoms with Gasteiger partial charge in [-0.05, 0) is 37.1 Å². The quantitative estimate of drug-likeness (QED) is 0.674. The topological polar surface area (TPSA) is 55.9 Å². The molecule has 25 heavy (non-hydrogen) atoms. The first-order valence-corrected chi connectivity index (χ1v) is 9.16. The Hall–Kier alpha value is -1.89. The molecule has 0 fully saturated rings. The molecule has 0 amide bonds. The zero-order valence-electron chi connectivity index (χ0n) is 14.1. The van der Waals surface area contributed by atoms with Crippen molar-refractivity contribution in [1.29, 1.82) is 0 Å². The molecule has 0 aliphatic rings. The highest BCUT2D eigenvalue weighted by Gasteiger charge is 2.16. The zero-order chi connectivity index (χ0) is 18.0. The predicted octanol–water partition coefficient (Wildman–Crippen LogP) is 4.23. The fourth-order valence-electron chi connectivity index (χ4n) is 2.80. The van der Waals surface area contributed by atoms with Gasteiger partial charge in [0, 0.05) is 30.1 Å². The van der Waals surface area contributed by atoms with Crippen LogP contribution in [0.1, 0.15) is 10.4 Å². The Morgan fingerprint density at radius 1 is 1.36 bits per heavy atom. The number of thiophene rings is 1. The summed E-state index contributed by atoms with van der Waals surface area (Å²) >= 11 is 7.92. The lowest BCUT2D eigenvalue weighted by atomic mass is 10.1. The Kier molecular flexibility index (Phi) is 5.42. The molecule has 0 saturated carbocycles. The van der Waals surface area contributed by atoms with E-state index in [0.29, 0.717) is 11.6 Å². The maximum absolute atomic E-state index is 13.0. The van der Waals surface area contributed by atoms with Gasteiger partial charge in [0.05, 0.1) is 21.9 Å². The van der Waals surface area contributed by atoms with E-state index in [9.17, 15) is 4.39 Å². The summed E-state index contributed by atoms with van der Waals surface area (Å²) in [5.74, 6) is -0.229. The highest BCUT2D eigenvalue weighted by molar-refractivity contribution is 7.16. The Bertz CT molecular complexity index is 837. The van der Waals surface area contributed by atoms with Gasteiger partial charge in [0.2, 0.25) is 0 Å². The maximum atomic E-state index is 13.0. The van der Waals surface area contributed by atoms with Gasteiger partial charge in [-0.25, -0.2) is 4.39 Å². The van der Waals surface area contributed by atoms with Crippen molar-refractivity contribution in [3.05, 3.63) is 57.8 Å². The summed E-state index contributed by atoms with van der Waals surface area (Å²) < 4.78 is 14.8. The number of nitrogens with zero attached hydrogens (tertiary/aromatic N) is 2. The largest absolute Gasteiger partial charge is 0.373 e. The van der Waals surface area contributed by atoms with Crippen molar-refractivity contribution in [3.8, 4) is 11.3 Å². The number of hydrogen-bond acceptors (Lipinski definition) is 4. The third-order valence-corrected chi connectivity index (χ3v) is 5.35. The van der Waals surface area contributed by atoms with Crippen LogP contribution in [0.15, 0.2) is 36.5 Å². The van der Waals surface area contributed by atoms with Crippen molar-refractivity contribution in [3.63, 3.8) is 0 Å². The monoisotopic (exact) mass is 378 g/mol. The molecule has 0 aliphatic heterocycles. The normalized spacial score (nSPS) is 12.4. The van der Waals surface area contributed by atoms with Gasteiger partial charge in [0.15, 0.2) is 0 Å². The lowest BCUT2D eigenvalue weighted by molar-refractivity contribution is 0.626. The van der Waals surface area contributed by atoms with E-state index in [4.69, 9.17) is 17.3 Å². The fraction of sp³-hybridized carbons (Fsp3) is 0.278. The van der Waals surface area contributed by atoms with E-state index >= 15 is 0 Å². The molecule has 0 bridgehead atoms. The highest BCUT2D eigenvalue weighted by Crippen LogP contribution is 2.37. The van der Waals surface area contributed by atoms with Gasteiger partial charge in [-0.2, -0.15) is 5.10 Å². The second-order valence-corrected chi connectivity index (χ2v) is 7.62. The van der Waals surface area contributed by atoms with Gasteiger partial charge >= 0.3 is 0 Å². The van der Waals surface area contributed by atoms with Crippen molar-refractivity contribution >= 4 is 27.9 Å². The molecule has 3 N–H and O–H groups in total. The van der Waals surface area contributed by atoms with E-state index in [-0.39, 0.29) is 11.9 Å². The fourth-order valence-corrected chi connectivity index (χ4v) is 4.07. The average Bonchev–Trinajstić information content (AvgIpc) is 3.10. The SMILES string of the molecule is Cc1sc(N[C@H](CN)Cc2ccc(F)cc2)cc1-c1c(Cl)cnn1C. The molecule has 132 valence electrons. The maximum Gasteiger partial charge on any atom is 0.123 e. The van der Waals surface area contributed by atoms with Crippen LogP contribution in [0.5, 0.6) is 0 Å². The van der Waals surface area contributed by atoms with E-state index in [1.807, 2.05) is 7.05 Å². The smallest absolute Gasteiger partial charge is 0.123 e. The molecule has 3 rings (SSSR count). The van der Waals surface area contributed by atoms with E-state index in [1.54, 1.807) is 34.3 Å². The first kappa shape index (κ1) is 17.9. The highest BCUT2D eigenvalue weighted by atomic mass is 35.5. The molecule has 2 heterocycles. The van der Waals surface area contributed by atoms with E-state index < -0.39 is 0 Å². The van der Waals surface area contributed by atoms with Crippen LogP contribution in [0.25, 0.3) is 11.3 Å². The summed E-state index contributed by atoms with van der Waals surface area (Å²) in [6, 6.07) is 8.68. The molecule has 4 nitrogen and oxygen atoms in total. The summed E-state index contributed by atoms with van der Waals surface area (Å²) in [6.07, 6.45) is 2.38. The second-order valence-electron chi connectivity index (χ2n) is 5.95. The van der Waals surface area contributed by atoms with Crippen molar-refractivity contribution in [2.75, 3.05) is 11.9 Å². The molecule has 2 aromatic heterocycles. The Morgan fingerprint density at radius 2 is 2.08 bits per heavy atom. The summed E-state index contributed by atoms with van der Waals surface area (Å²) in [4.78, 5) is 1.16. The number of halogens is 2. The molecular formula is C18H20ClFN4S. The summed E-state index contributed by atoms with van der Waals surface area (Å²) in [7, 11) is 1.88. The standard InChI is InChI=1S/C18H20ClFN4S/c1-11-15(18-16(19)10-22-24(18)2)8-17(25-11)23-14(9-21)7-12-3-5-13(20)6-4-12/h3-6,8,10,14,23H,7,9,21H2,1-2H3/t14-/m0/s1. The second kappa shape index (κ2) is 7.56. The Morgan fingerprint density at radius 3 is 2.68 bits per heavy atom. The third kappa shape index (κ3) is 4.03. The van der Waals surface area contributed by atoms with Crippen molar-refractivity contribution in [2.45, 2.75) is 19.4 Å². The number of nitrogens with one attached hydrogen (secondary N) is 1. The molecule has 0 aliphatic carbocycles. The van der Waals surface area contributed by atoms with Crippen LogP contribution in [-0.2, 0) is 13.5 Å². The number of benzene rings is 1. The van der Waals surface area contributed by atoms with E-state index in [2.05, 4.69) is 23.4 Å². The molecule has 0 saturated heterocycles. The van der Waals surface area contributed by atoms with Crippen molar-refractivity contribution < 1.29 is 4.39 Å². The minimum Gasteiger partial charge on any atom is -0.373 e. The number of aryl methyl sites for hydroxylation is 2. The van der Waals surface area contributed by atoms with Crippen LogP contribution >= 0.6 is 22.9 Å². The van der Waals surface area contributed by atoms with E-state index in [1.165, 1.54) is 12.1 Å². The van der Waals surface area contributed by atoms with Gasteiger partial charge in [-0.3, -0.25) is 4.68 Å². The molecule has 3 aromatic rings. The van der Waals surface area contributed by atoms with Crippen LogP contribution in [-0.4, -0.2) is 22.4 Å². The molecular weight excluding hydrogens is 359 g/mol. The van der Waals surface area contributed by atoms with E-state index in [0.717, 1.165) is 33.1 Å². The lowest BCUT2D eigenvalue weighted by Crippen LogP contribution is -2.30. The van der Waals surface area contributed by atoms with Crippen LogP contribution < -0.4 is 11.1 Å². The molecule has 0 radical (unpaired) electrons. The number of rotatable bonds is 6. The Labute approximate surface area is 155 Å². The van der Waals surface area contributed by atoms with Gasteiger partial charge in [-0.15, -0.1) is 11.3 Å². The first-order valence-electron chi connectivity index (χ1n) is 7.97. The summed E-state index contributed by atoms with van der Waals surface area (Å²) in [6.45, 7) is 2.54. The van der Waals surface area contributed by atoms with Gasteiger partial charge in [0.25, 0.3) is 0 Å². The van der Waals surface area contributed by atoms with Crippen LogP contribution in [0.2, 0.25) is 5.02 Å². The predicted molar refractivity (Wildman–Crippen MR) is 103 cm³/mol. The number of aromatic nitrogens is 2. The first-order chi connectivity index (χ1) is 12.0. The van der Waals surface area contributed by atoms with Crippen molar-refractivity contribution in [1.82, 2.24) is 9.78 Å². The van der Waals surface area contributed by atoms with Crippen molar-refractivity contribution in [2.24, 2.45) is 12.8 Å². The minimum absolute atomic E-state index is 0.0679. The van der Waals surface area contributed by atoms with Gasteiger partial charge in [0.1, 0.15) is 5.82 Å². The average molecular weight is 379 g/mol. The lowest BCUT2D eigenvalue weighted by Gasteiger charge is -2.17. The number of hydrogen-bond donors (Lipinski definition) is 2. The Balaban J connectivity index is 1.78. The van der Waals surface area contributed by atoms with Crippen LogP contribution in [0.4, 0.5) is 9.39 Å². The number of nitrogens with two attached hydrogens (primary N) is 1. The molecule has 7 heteroatoms. The van der Waals surface area contributed by atoms with Gasteiger partial charge in [-0.1, -0.05) is 23.7 Å². The third-order valence-electron chi connectivity index (χ3n) is 4.09. The molecule has 1 atom stereocenters. The molecule has 0 unspecified atom stereocenters. The van der Waals surface area contributed by atoms with Crippen LogP contribution in [0.3, 0.4) is 0 Å². The molecule has 1 aromatic carbocycles. The zero-order valence-corrected chi connectivity index (χ0v) is 15.7. The van der Waals surface area contributed by atoms with Crippen LogP contribution in [0, 0.1) is 12.7 Å². The number of anilines is 1. The van der Waals surface area contributed by atoms with Gasteiger partial charge < -0.3 is 11.1 Å².